The normalized spacial score (nSPS) is 11.4. The summed E-state index contributed by atoms with van der Waals surface area (Å²) in [6, 6.07) is 28.5. The van der Waals surface area contributed by atoms with Crippen molar-refractivity contribution in [3.63, 3.8) is 0 Å². The monoisotopic (exact) mass is 363 g/mol. The largest absolute Gasteiger partial charge is 0.344 e. The Morgan fingerprint density at radius 1 is 0.714 bits per heavy atom. The highest BCUT2D eigenvalue weighted by atomic mass is 14.9. The summed E-state index contributed by atoms with van der Waals surface area (Å²) in [5.41, 5.74) is 8.87. The molecule has 2 aromatic heterocycles. The van der Waals surface area contributed by atoms with Crippen LogP contribution in [0.15, 0.2) is 85.1 Å². The quantitative estimate of drug-likeness (QED) is 0.351. The van der Waals surface area contributed by atoms with Crippen molar-refractivity contribution in [1.82, 2.24) is 4.57 Å². The first-order valence-electron chi connectivity index (χ1n) is 9.67. The Morgan fingerprint density at radius 2 is 1.43 bits per heavy atom. The molecule has 0 N–H and O–H groups in total. The lowest BCUT2D eigenvalue weighted by Crippen LogP contribution is -2.30. The minimum atomic E-state index is 1.23. The zero-order valence-electron chi connectivity index (χ0n) is 16.5. The van der Waals surface area contributed by atoms with Gasteiger partial charge >= 0.3 is 0 Å². The van der Waals surface area contributed by atoms with E-state index in [1.54, 1.807) is 0 Å². The van der Waals surface area contributed by atoms with Gasteiger partial charge in [0.1, 0.15) is 7.05 Å². The highest BCUT2D eigenvalue weighted by Gasteiger charge is 2.13. The Bertz CT molecular complexity index is 1340. The van der Waals surface area contributed by atoms with Crippen LogP contribution in [0.5, 0.6) is 0 Å². The highest BCUT2D eigenvalue weighted by molar-refractivity contribution is 6.09. The number of rotatable bonds is 2. The molecule has 0 saturated carbocycles. The van der Waals surface area contributed by atoms with Gasteiger partial charge < -0.3 is 4.57 Å². The summed E-state index contributed by atoms with van der Waals surface area (Å²) in [7, 11) is 4.24. The number of hydrogen-bond donors (Lipinski definition) is 0. The Labute approximate surface area is 165 Å². The van der Waals surface area contributed by atoms with Gasteiger partial charge in [0.05, 0.1) is 0 Å². The van der Waals surface area contributed by atoms with Crippen molar-refractivity contribution in [2.24, 2.45) is 14.1 Å². The van der Waals surface area contributed by atoms with Crippen LogP contribution >= 0.6 is 0 Å². The lowest BCUT2D eigenvalue weighted by Gasteiger charge is -2.08. The maximum absolute atomic E-state index is 2.33. The number of pyridine rings is 1. The van der Waals surface area contributed by atoms with E-state index in [4.69, 9.17) is 0 Å². The maximum atomic E-state index is 2.33. The van der Waals surface area contributed by atoms with Crippen molar-refractivity contribution in [3.8, 4) is 22.4 Å². The first-order chi connectivity index (χ1) is 13.6. The standard InChI is InChI=1S/C26H23N2/c1-18-16-19(11-13-21(18)24-9-6-7-15-27(24)2)20-12-14-26-23(17-20)22-8-4-5-10-25(22)28(26)3/h4-17H,1-3H3/q+1. The van der Waals surface area contributed by atoms with E-state index in [2.05, 4.69) is 115 Å². The summed E-state index contributed by atoms with van der Waals surface area (Å²) in [4.78, 5) is 0. The summed E-state index contributed by atoms with van der Waals surface area (Å²) in [6.07, 6.45) is 2.09. The van der Waals surface area contributed by atoms with Crippen LogP contribution in [-0.2, 0) is 14.1 Å². The molecule has 136 valence electrons. The Hall–Kier alpha value is -3.39. The van der Waals surface area contributed by atoms with Crippen molar-refractivity contribution in [2.45, 2.75) is 6.92 Å². The summed E-state index contributed by atoms with van der Waals surface area (Å²) in [6.45, 7) is 2.20. The Balaban J connectivity index is 1.65. The molecule has 0 aliphatic carbocycles. The van der Waals surface area contributed by atoms with E-state index in [0.717, 1.165) is 0 Å². The molecule has 2 heterocycles. The lowest BCUT2D eigenvalue weighted by atomic mass is 9.97. The van der Waals surface area contributed by atoms with Crippen molar-refractivity contribution < 1.29 is 4.57 Å². The van der Waals surface area contributed by atoms with E-state index in [0.29, 0.717) is 0 Å². The number of benzene rings is 3. The molecule has 0 bridgehead atoms. The van der Waals surface area contributed by atoms with Gasteiger partial charge in [-0.1, -0.05) is 36.4 Å². The van der Waals surface area contributed by atoms with Gasteiger partial charge in [-0.05, 0) is 53.9 Å². The molecule has 0 aliphatic rings. The van der Waals surface area contributed by atoms with Gasteiger partial charge in [-0.3, -0.25) is 0 Å². The molecule has 3 aromatic carbocycles. The predicted octanol–water partition coefficient (Wildman–Crippen LogP) is 5.80. The third kappa shape index (κ3) is 2.53. The molecule has 28 heavy (non-hydrogen) atoms. The predicted molar refractivity (Wildman–Crippen MR) is 117 cm³/mol. The fraction of sp³-hybridized carbons (Fsp3) is 0.115. The number of fused-ring (bicyclic) bond motifs is 3. The van der Waals surface area contributed by atoms with Gasteiger partial charge in [0.2, 0.25) is 5.69 Å². The van der Waals surface area contributed by atoms with Crippen molar-refractivity contribution >= 4 is 21.8 Å². The van der Waals surface area contributed by atoms with E-state index in [1.165, 1.54) is 49.8 Å². The first-order valence-corrected chi connectivity index (χ1v) is 9.67. The topological polar surface area (TPSA) is 8.81 Å². The van der Waals surface area contributed by atoms with Crippen molar-refractivity contribution in [1.29, 1.82) is 0 Å². The second-order valence-corrected chi connectivity index (χ2v) is 7.53. The molecule has 0 unspecified atom stereocenters. The summed E-state index contributed by atoms with van der Waals surface area (Å²) < 4.78 is 4.45. The molecule has 2 nitrogen and oxygen atoms in total. The molecule has 0 aliphatic heterocycles. The SMILES string of the molecule is Cc1cc(-c2ccc3c(c2)c2ccccc2n3C)ccc1-c1cccc[n+]1C. The first kappa shape index (κ1) is 16.8. The summed E-state index contributed by atoms with van der Waals surface area (Å²) in [5.74, 6) is 0. The fourth-order valence-corrected chi connectivity index (χ4v) is 4.28. The molecule has 0 fully saturated rings. The van der Waals surface area contributed by atoms with Crippen LogP contribution < -0.4 is 4.57 Å². The second-order valence-electron chi connectivity index (χ2n) is 7.53. The van der Waals surface area contributed by atoms with Gasteiger partial charge in [0, 0.05) is 46.5 Å². The number of nitrogens with zero attached hydrogens (tertiary/aromatic N) is 2. The number of para-hydroxylation sites is 1. The zero-order valence-corrected chi connectivity index (χ0v) is 16.5. The molecule has 0 radical (unpaired) electrons. The molecule has 0 spiro atoms. The van der Waals surface area contributed by atoms with Crippen LogP contribution in [0.25, 0.3) is 44.2 Å². The van der Waals surface area contributed by atoms with E-state index < -0.39 is 0 Å². The second kappa shape index (κ2) is 6.35. The molecular weight excluding hydrogens is 340 g/mol. The third-order valence-electron chi connectivity index (χ3n) is 5.80. The van der Waals surface area contributed by atoms with E-state index >= 15 is 0 Å². The lowest BCUT2D eigenvalue weighted by molar-refractivity contribution is -0.660. The van der Waals surface area contributed by atoms with E-state index in [-0.39, 0.29) is 0 Å². The molecule has 2 heteroatoms. The molecular formula is C26H23N2+. The third-order valence-corrected chi connectivity index (χ3v) is 5.80. The van der Waals surface area contributed by atoms with Crippen LogP contribution in [0.2, 0.25) is 0 Å². The fourth-order valence-electron chi connectivity index (χ4n) is 4.28. The average Bonchev–Trinajstić information content (AvgIpc) is 3.01. The van der Waals surface area contributed by atoms with Crippen LogP contribution in [-0.4, -0.2) is 4.57 Å². The maximum Gasteiger partial charge on any atom is 0.212 e. The minimum Gasteiger partial charge on any atom is -0.344 e. The highest BCUT2D eigenvalue weighted by Crippen LogP contribution is 2.33. The smallest absolute Gasteiger partial charge is 0.212 e. The van der Waals surface area contributed by atoms with Gasteiger partial charge in [-0.25, -0.2) is 4.57 Å². The van der Waals surface area contributed by atoms with Crippen LogP contribution in [0.4, 0.5) is 0 Å². The van der Waals surface area contributed by atoms with Gasteiger partial charge in [0.25, 0.3) is 0 Å². The Morgan fingerprint density at radius 3 is 2.25 bits per heavy atom. The van der Waals surface area contributed by atoms with Crippen LogP contribution in [0.1, 0.15) is 5.56 Å². The summed E-state index contributed by atoms with van der Waals surface area (Å²) >= 11 is 0. The minimum absolute atomic E-state index is 1.23. The molecule has 5 rings (SSSR count). The molecule has 0 amide bonds. The van der Waals surface area contributed by atoms with Gasteiger partial charge in [0.15, 0.2) is 6.20 Å². The number of aromatic nitrogens is 2. The van der Waals surface area contributed by atoms with Gasteiger partial charge in [-0.2, -0.15) is 0 Å². The van der Waals surface area contributed by atoms with Crippen molar-refractivity contribution in [3.05, 3.63) is 90.6 Å². The van der Waals surface area contributed by atoms with Gasteiger partial charge in [-0.15, -0.1) is 0 Å². The van der Waals surface area contributed by atoms with Crippen LogP contribution in [0.3, 0.4) is 0 Å². The molecule has 0 atom stereocenters. The Kier molecular flexibility index (Phi) is 3.80. The average molecular weight is 363 g/mol. The van der Waals surface area contributed by atoms with Crippen molar-refractivity contribution in [2.75, 3.05) is 0 Å². The number of aryl methyl sites for hydroxylation is 3. The zero-order chi connectivity index (χ0) is 19.3. The van der Waals surface area contributed by atoms with Crippen LogP contribution in [0, 0.1) is 6.92 Å². The molecule has 0 saturated heterocycles. The van der Waals surface area contributed by atoms with E-state index in [1.807, 2.05) is 0 Å². The molecule has 5 aromatic rings. The van der Waals surface area contributed by atoms with E-state index in [9.17, 15) is 0 Å². The summed E-state index contributed by atoms with van der Waals surface area (Å²) in [5, 5.41) is 2.62. The number of hydrogen-bond acceptors (Lipinski definition) is 0.